The number of aliphatic hydroxyl groups is 2. The Morgan fingerprint density at radius 1 is 0.333 bits per heavy atom. The first-order valence-corrected chi connectivity index (χ1v) is 18.8. The van der Waals surface area contributed by atoms with E-state index in [1.165, 1.54) is 5.56 Å². The normalized spacial score (nSPS) is 11.3. The van der Waals surface area contributed by atoms with Crippen molar-refractivity contribution >= 4 is 0 Å². The SMILES string of the molecule is COc1ccc(CCc2cc(OCCOCCOCCOCCOCCOCCO)cc(OCCOCCOCCOCCOCCOCCO)c2)cc1. The number of ether oxygens (including phenoxy) is 13. The van der Waals surface area contributed by atoms with Gasteiger partial charge in [-0.2, -0.15) is 0 Å². The number of hydrogen-bond acceptors (Lipinski definition) is 15. The molecule has 54 heavy (non-hydrogen) atoms. The Kier molecular flexibility index (Phi) is 31.7. The maximum absolute atomic E-state index is 8.65. The smallest absolute Gasteiger partial charge is 0.123 e. The summed E-state index contributed by atoms with van der Waals surface area (Å²) in [7, 11) is 1.66. The number of rotatable bonds is 40. The average Bonchev–Trinajstić information content (AvgIpc) is 3.19. The third-order valence-corrected chi connectivity index (χ3v) is 7.24. The van der Waals surface area contributed by atoms with Crippen LogP contribution in [0.1, 0.15) is 11.1 Å². The largest absolute Gasteiger partial charge is 0.497 e. The van der Waals surface area contributed by atoms with Crippen molar-refractivity contribution in [1.82, 2.24) is 0 Å². The minimum Gasteiger partial charge on any atom is -0.497 e. The summed E-state index contributed by atoms with van der Waals surface area (Å²) in [5.74, 6) is 2.26. The average molecular weight is 773 g/mol. The highest BCUT2D eigenvalue weighted by molar-refractivity contribution is 5.39. The lowest BCUT2D eigenvalue weighted by Gasteiger charge is -2.13. The van der Waals surface area contributed by atoms with Gasteiger partial charge in [-0.25, -0.2) is 0 Å². The Bertz CT molecular complexity index is 1040. The highest BCUT2D eigenvalue weighted by Gasteiger charge is 2.06. The first-order valence-electron chi connectivity index (χ1n) is 18.8. The van der Waals surface area contributed by atoms with Crippen molar-refractivity contribution in [3.63, 3.8) is 0 Å². The van der Waals surface area contributed by atoms with Crippen molar-refractivity contribution in [1.29, 1.82) is 0 Å². The molecule has 2 N–H and O–H groups in total. The van der Waals surface area contributed by atoms with Crippen LogP contribution in [0.25, 0.3) is 0 Å². The molecule has 0 aliphatic rings. The van der Waals surface area contributed by atoms with Crippen LogP contribution in [0.3, 0.4) is 0 Å². The Balaban J connectivity index is 1.59. The summed E-state index contributed by atoms with van der Waals surface area (Å²) >= 11 is 0. The van der Waals surface area contributed by atoms with Gasteiger partial charge in [0.15, 0.2) is 0 Å². The van der Waals surface area contributed by atoms with Gasteiger partial charge in [0.2, 0.25) is 0 Å². The van der Waals surface area contributed by atoms with Crippen molar-refractivity contribution in [3.8, 4) is 17.2 Å². The Morgan fingerprint density at radius 3 is 0.944 bits per heavy atom. The quantitative estimate of drug-likeness (QED) is 0.0951. The fourth-order valence-electron chi connectivity index (χ4n) is 4.55. The number of hydrogen-bond donors (Lipinski definition) is 2. The van der Waals surface area contributed by atoms with Crippen LogP contribution in [0.15, 0.2) is 42.5 Å². The van der Waals surface area contributed by atoms with Crippen LogP contribution in [0.4, 0.5) is 0 Å². The second kappa shape index (κ2) is 36.0. The summed E-state index contributed by atoms with van der Waals surface area (Å²) < 4.78 is 71.7. The second-order valence-corrected chi connectivity index (χ2v) is 11.4. The minimum atomic E-state index is 0.0141. The summed E-state index contributed by atoms with van der Waals surface area (Å²) in [5.41, 5.74) is 2.31. The van der Waals surface area contributed by atoms with E-state index in [1.807, 2.05) is 30.3 Å². The van der Waals surface area contributed by atoms with E-state index in [1.54, 1.807) is 7.11 Å². The van der Waals surface area contributed by atoms with Gasteiger partial charge in [-0.1, -0.05) is 12.1 Å². The zero-order valence-corrected chi connectivity index (χ0v) is 32.1. The maximum Gasteiger partial charge on any atom is 0.123 e. The summed E-state index contributed by atoms with van der Waals surface area (Å²) in [4.78, 5) is 0. The monoisotopic (exact) mass is 772 g/mol. The molecule has 0 saturated heterocycles. The second-order valence-electron chi connectivity index (χ2n) is 11.4. The van der Waals surface area contributed by atoms with Crippen LogP contribution >= 0.6 is 0 Å². The van der Waals surface area contributed by atoms with E-state index < -0.39 is 0 Å². The molecule has 0 amide bonds. The molecule has 0 radical (unpaired) electrons. The van der Waals surface area contributed by atoms with Crippen molar-refractivity contribution < 1.29 is 71.8 Å². The highest BCUT2D eigenvalue weighted by Crippen LogP contribution is 2.25. The van der Waals surface area contributed by atoms with Crippen LogP contribution in [0.2, 0.25) is 0 Å². The van der Waals surface area contributed by atoms with Crippen LogP contribution in [0.5, 0.6) is 17.2 Å². The molecule has 0 bridgehead atoms. The molecule has 0 spiro atoms. The zero-order valence-electron chi connectivity index (χ0n) is 32.1. The molecule has 0 fully saturated rings. The molecule has 0 atom stereocenters. The molecular weight excluding hydrogens is 708 g/mol. The Morgan fingerprint density at radius 2 is 0.630 bits per heavy atom. The van der Waals surface area contributed by atoms with Gasteiger partial charge in [-0.05, 0) is 48.2 Å². The number of benzene rings is 2. The lowest BCUT2D eigenvalue weighted by atomic mass is 10.0. The van der Waals surface area contributed by atoms with E-state index in [0.29, 0.717) is 157 Å². The third kappa shape index (κ3) is 27.9. The molecule has 2 aromatic rings. The predicted molar refractivity (Wildman–Crippen MR) is 200 cm³/mol. The molecule has 310 valence electrons. The molecule has 0 heterocycles. The Labute approximate surface area is 320 Å². The molecule has 0 saturated carbocycles. The van der Waals surface area contributed by atoms with E-state index in [4.69, 9.17) is 71.8 Å². The molecule has 0 aliphatic heterocycles. The van der Waals surface area contributed by atoms with E-state index in [2.05, 4.69) is 12.1 Å². The van der Waals surface area contributed by atoms with Gasteiger partial charge in [-0.3, -0.25) is 0 Å². The first kappa shape index (κ1) is 47.5. The number of methoxy groups -OCH3 is 1. The third-order valence-electron chi connectivity index (χ3n) is 7.24. The molecule has 0 aromatic heterocycles. The minimum absolute atomic E-state index is 0.0141. The fraction of sp³-hybridized carbons (Fsp3) is 0.692. The summed E-state index contributed by atoms with van der Waals surface area (Å²) in [6, 6.07) is 14.1. The molecule has 0 unspecified atom stereocenters. The molecule has 15 heteroatoms. The summed E-state index contributed by atoms with van der Waals surface area (Å²) in [5, 5.41) is 17.3. The van der Waals surface area contributed by atoms with Crippen molar-refractivity contribution in [2.75, 3.05) is 166 Å². The topological polar surface area (TPSA) is 160 Å². The van der Waals surface area contributed by atoms with Gasteiger partial charge in [-0.15, -0.1) is 0 Å². The van der Waals surface area contributed by atoms with Gasteiger partial charge in [0.05, 0.1) is 152 Å². The van der Waals surface area contributed by atoms with E-state index in [0.717, 1.165) is 24.2 Å². The molecule has 2 aromatic carbocycles. The lowest BCUT2D eigenvalue weighted by molar-refractivity contribution is -0.0147. The zero-order chi connectivity index (χ0) is 38.4. The van der Waals surface area contributed by atoms with Gasteiger partial charge in [0.25, 0.3) is 0 Å². The van der Waals surface area contributed by atoms with Gasteiger partial charge >= 0.3 is 0 Å². The first-order chi connectivity index (χ1) is 26.7. The molecular formula is C39H64O15. The van der Waals surface area contributed by atoms with E-state index in [-0.39, 0.29) is 13.2 Å². The number of aliphatic hydroxyl groups excluding tert-OH is 2. The fourth-order valence-corrected chi connectivity index (χ4v) is 4.55. The molecule has 2 rings (SSSR count). The van der Waals surface area contributed by atoms with Gasteiger partial charge in [0, 0.05) is 6.07 Å². The van der Waals surface area contributed by atoms with Crippen molar-refractivity contribution in [2.45, 2.75) is 12.8 Å². The van der Waals surface area contributed by atoms with Crippen LogP contribution in [-0.4, -0.2) is 176 Å². The standard InChI is InChI=1S/C39H64O15/c1-42-37-6-4-35(5-7-37)2-3-36-32-38(53-30-28-51-26-24-49-22-20-47-18-16-45-14-12-43-10-8-40)34-39(33-36)54-31-29-52-27-25-50-23-21-48-19-17-46-15-13-44-11-9-41/h4-7,32-34,40-41H,2-3,8-31H2,1H3. The Hall–Kier alpha value is -2.64. The van der Waals surface area contributed by atoms with Crippen LogP contribution in [-0.2, 0) is 60.2 Å². The number of aryl methyl sites for hydroxylation is 2. The summed E-state index contributed by atoms with van der Waals surface area (Å²) in [6.07, 6.45) is 1.68. The molecule has 0 aliphatic carbocycles. The van der Waals surface area contributed by atoms with E-state index >= 15 is 0 Å². The van der Waals surface area contributed by atoms with Crippen LogP contribution in [0, 0.1) is 0 Å². The van der Waals surface area contributed by atoms with Crippen molar-refractivity contribution in [3.05, 3.63) is 53.6 Å². The molecule has 15 nitrogen and oxygen atoms in total. The highest BCUT2D eigenvalue weighted by atomic mass is 16.6. The summed E-state index contributed by atoms with van der Waals surface area (Å²) in [6.45, 7) is 9.83. The van der Waals surface area contributed by atoms with Gasteiger partial charge in [0.1, 0.15) is 30.5 Å². The van der Waals surface area contributed by atoms with Gasteiger partial charge < -0.3 is 71.8 Å². The lowest BCUT2D eigenvalue weighted by Crippen LogP contribution is -2.15. The van der Waals surface area contributed by atoms with E-state index in [9.17, 15) is 0 Å². The van der Waals surface area contributed by atoms with Crippen LogP contribution < -0.4 is 14.2 Å². The predicted octanol–water partition coefficient (Wildman–Crippen LogP) is 2.39. The maximum atomic E-state index is 8.65. The van der Waals surface area contributed by atoms with Crippen molar-refractivity contribution in [2.24, 2.45) is 0 Å².